The van der Waals surface area contributed by atoms with Gasteiger partial charge < -0.3 is 10.0 Å². The molecule has 5 heteroatoms. The van der Waals surface area contributed by atoms with E-state index in [9.17, 15) is 9.90 Å². The van der Waals surface area contributed by atoms with E-state index in [1.54, 1.807) is 11.1 Å². The summed E-state index contributed by atoms with van der Waals surface area (Å²) in [6.45, 7) is 5.07. The summed E-state index contributed by atoms with van der Waals surface area (Å²) in [5.74, 6) is 0.0777. The minimum atomic E-state index is -0.289. The number of aliphatic hydroxyl groups is 1. The highest BCUT2D eigenvalue weighted by Crippen LogP contribution is 2.21. The summed E-state index contributed by atoms with van der Waals surface area (Å²) in [5, 5.41) is 9.81. The zero-order chi connectivity index (χ0) is 13.1. The highest BCUT2D eigenvalue weighted by atomic mass is 16.3. The van der Waals surface area contributed by atoms with Crippen LogP contribution in [-0.2, 0) is 0 Å². The molecule has 2 rings (SSSR count). The van der Waals surface area contributed by atoms with Gasteiger partial charge >= 0.3 is 0 Å². The minimum absolute atomic E-state index is 0.0900. The Kier molecular flexibility index (Phi) is 3.91. The third-order valence-electron chi connectivity index (χ3n) is 3.51. The van der Waals surface area contributed by atoms with Crippen LogP contribution < -0.4 is 0 Å². The first-order chi connectivity index (χ1) is 8.61. The molecular formula is C13H19N3O2. The highest BCUT2D eigenvalue weighted by Gasteiger charge is 2.29. The monoisotopic (exact) mass is 249 g/mol. The van der Waals surface area contributed by atoms with Crippen LogP contribution in [0.1, 0.15) is 35.9 Å². The number of carbonyl (C=O) groups is 1. The van der Waals surface area contributed by atoms with E-state index in [1.165, 1.54) is 6.20 Å². The van der Waals surface area contributed by atoms with Crippen LogP contribution in [0, 0.1) is 12.8 Å². The first kappa shape index (κ1) is 13.0. The number of aryl methyl sites for hydroxylation is 1. The second-order valence-corrected chi connectivity index (χ2v) is 4.82. The fourth-order valence-corrected chi connectivity index (χ4v) is 2.27. The van der Waals surface area contributed by atoms with Crippen molar-refractivity contribution in [3.63, 3.8) is 0 Å². The Balaban J connectivity index is 2.07. The predicted molar refractivity (Wildman–Crippen MR) is 67.1 cm³/mol. The number of hydrogen-bond acceptors (Lipinski definition) is 4. The van der Waals surface area contributed by atoms with E-state index in [2.05, 4.69) is 9.97 Å². The maximum absolute atomic E-state index is 12.2. The first-order valence-corrected chi connectivity index (χ1v) is 6.37. The molecule has 0 aromatic carbocycles. The smallest absolute Gasteiger partial charge is 0.274 e. The minimum Gasteiger partial charge on any atom is -0.393 e. The van der Waals surface area contributed by atoms with Crippen LogP contribution in [0.3, 0.4) is 0 Å². The molecule has 2 atom stereocenters. The molecule has 2 unspecified atom stereocenters. The second kappa shape index (κ2) is 5.44. The van der Waals surface area contributed by atoms with Crippen molar-refractivity contribution in [2.75, 3.05) is 13.1 Å². The third kappa shape index (κ3) is 2.67. The number of rotatable bonds is 2. The van der Waals surface area contributed by atoms with E-state index >= 15 is 0 Å². The number of piperidine rings is 1. The van der Waals surface area contributed by atoms with Gasteiger partial charge in [-0.3, -0.25) is 9.78 Å². The summed E-state index contributed by atoms with van der Waals surface area (Å²) in [6.07, 6.45) is 4.35. The summed E-state index contributed by atoms with van der Waals surface area (Å²) in [6, 6.07) is 0. The molecule has 1 fully saturated rings. The highest BCUT2D eigenvalue weighted by molar-refractivity contribution is 5.92. The van der Waals surface area contributed by atoms with Crippen molar-refractivity contribution in [3.05, 3.63) is 23.8 Å². The molecule has 1 aromatic heterocycles. The van der Waals surface area contributed by atoms with Crippen LogP contribution >= 0.6 is 0 Å². The summed E-state index contributed by atoms with van der Waals surface area (Å²) >= 11 is 0. The van der Waals surface area contributed by atoms with E-state index in [0.717, 1.165) is 12.1 Å². The van der Waals surface area contributed by atoms with E-state index in [4.69, 9.17) is 0 Å². The van der Waals surface area contributed by atoms with Gasteiger partial charge in [-0.1, -0.05) is 6.92 Å². The molecule has 1 aliphatic rings. The standard InChI is InChI=1S/C13H19N3O2/c1-3-10-8-16(5-4-12(10)17)13(18)11-7-14-9(2)6-15-11/h6-7,10,12,17H,3-5,8H2,1-2H3. The quantitative estimate of drug-likeness (QED) is 0.849. The molecule has 1 N–H and O–H groups in total. The van der Waals surface area contributed by atoms with Gasteiger partial charge in [0.15, 0.2) is 0 Å². The second-order valence-electron chi connectivity index (χ2n) is 4.82. The van der Waals surface area contributed by atoms with Crippen molar-refractivity contribution < 1.29 is 9.90 Å². The maximum Gasteiger partial charge on any atom is 0.274 e. The van der Waals surface area contributed by atoms with Crippen molar-refractivity contribution in [1.82, 2.24) is 14.9 Å². The van der Waals surface area contributed by atoms with Gasteiger partial charge in [0.05, 0.1) is 18.0 Å². The number of likely N-dealkylation sites (tertiary alicyclic amines) is 1. The van der Waals surface area contributed by atoms with Gasteiger partial charge in [0.2, 0.25) is 0 Å². The van der Waals surface area contributed by atoms with Crippen molar-refractivity contribution in [2.24, 2.45) is 5.92 Å². The molecule has 1 aliphatic heterocycles. The molecule has 1 saturated heterocycles. The lowest BCUT2D eigenvalue weighted by atomic mass is 9.92. The molecule has 0 spiro atoms. The molecule has 2 heterocycles. The van der Waals surface area contributed by atoms with E-state index in [1.807, 2.05) is 13.8 Å². The summed E-state index contributed by atoms with van der Waals surface area (Å²) in [5.41, 5.74) is 1.18. The molecule has 5 nitrogen and oxygen atoms in total. The molecule has 18 heavy (non-hydrogen) atoms. The molecule has 0 aliphatic carbocycles. The summed E-state index contributed by atoms with van der Waals surface area (Å²) in [4.78, 5) is 22.2. The molecule has 1 amide bonds. The van der Waals surface area contributed by atoms with E-state index in [-0.39, 0.29) is 17.9 Å². The number of aliphatic hydroxyl groups excluding tert-OH is 1. The molecule has 1 aromatic rings. The maximum atomic E-state index is 12.2. The lowest BCUT2D eigenvalue weighted by Gasteiger charge is -2.35. The molecule has 0 saturated carbocycles. The summed E-state index contributed by atoms with van der Waals surface area (Å²) < 4.78 is 0. The van der Waals surface area contributed by atoms with Crippen LogP contribution in [0.25, 0.3) is 0 Å². The molecule has 0 radical (unpaired) electrons. The van der Waals surface area contributed by atoms with E-state index in [0.29, 0.717) is 25.2 Å². The molecular weight excluding hydrogens is 230 g/mol. The number of aromatic nitrogens is 2. The van der Waals surface area contributed by atoms with E-state index < -0.39 is 0 Å². The topological polar surface area (TPSA) is 66.3 Å². The Morgan fingerprint density at radius 3 is 2.89 bits per heavy atom. The van der Waals surface area contributed by atoms with Gasteiger partial charge in [0.25, 0.3) is 5.91 Å². The number of nitrogens with zero attached hydrogens (tertiary/aromatic N) is 3. The number of carbonyl (C=O) groups excluding carboxylic acids is 1. The normalized spacial score (nSPS) is 24.1. The fourth-order valence-electron chi connectivity index (χ4n) is 2.27. The Labute approximate surface area is 107 Å². The van der Waals surface area contributed by atoms with Crippen LogP contribution in [-0.4, -0.2) is 45.1 Å². The first-order valence-electron chi connectivity index (χ1n) is 6.37. The number of amides is 1. The van der Waals surface area contributed by atoms with Gasteiger partial charge in [-0.2, -0.15) is 0 Å². The van der Waals surface area contributed by atoms with Crippen LogP contribution in [0.2, 0.25) is 0 Å². The van der Waals surface area contributed by atoms with Gasteiger partial charge in [-0.15, -0.1) is 0 Å². The fraction of sp³-hybridized carbons (Fsp3) is 0.615. The predicted octanol–water partition coefficient (Wildman–Crippen LogP) is 1.02. The Morgan fingerprint density at radius 1 is 1.50 bits per heavy atom. The van der Waals surface area contributed by atoms with Gasteiger partial charge in [-0.05, 0) is 19.8 Å². The summed E-state index contributed by atoms with van der Waals surface area (Å²) in [7, 11) is 0. The van der Waals surface area contributed by atoms with Crippen LogP contribution in [0.5, 0.6) is 0 Å². The van der Waals surface area contributed by atoms with Gasteiger partial charge in [0.1, 0.15) is 5.69 Å². The van der Waals surface area contributed by atoms with Crippen molar-refractivity contribution in [2.45, 2.75) is 32.8 Å². The van der Waals surface area contributed by atoms with Gasteiger partial charge in [-0.25, -0.2) is 4.98 Å². The Morgan fingerprint density at radius 2 is 2.28 bits per heavy atom. The molecule has 98 valence electrons. The largest absolute Gasteiger partial charge is 0.393 e. The third-order valence-corrected chi connectivity index (χ3v) is 3.51. The Hall–Kier alpha value is -1.49. The lowest BCUT2D eigenvalue weighted by Crippen LogP contribution is -2.46. The van der Waals surface area contributed by atoms with Crippen LogP contribution in [0.4, 0.5) is 0 Å². The molecule has 0 bridgehead atoms. The zero-order valence-corrected chi connectivity index (χ0v) is 10.8. The average molecular weight is 249 g/mol. The van der Waals surface area contributed by atoms with Crippen molar-refractivity contribution in [3.8, 4) is 0 Å². The zero-order valence-electron chi connectivity index (χ0n) is 10.8. The van der Waals surface area contributed by atoms with Crippen molar-refractivity contribution >= 4 is 5.91 Å². The lowest BCUT2D eigenvalue weighted by molar-refractivity contribution is 0.0225. The van der Waals surface area contributed by atoms with Gasteiger partial charge in [0, 0.05) is 25.2 Å². The number of hydrogen-bond donors (Lipinski definition) is 1. The SMILES string of the molecule is CCC1CN(C(=O)c2cnc(C)cn2)CCC1O. The van der Waals surface area contributed by atoms with Crippen LogP contribution in [0.15, 0.2) is 12.4 Å². The Bertz CT molecular complexity index is 419. The van der Waals surface area contributed by atoms with Crippen molar-refractivity contribution in [1.29, 1.82) is 0 Å². The average Bonchev–Trinajstić information content (AvgIpc) is 2.39.